The van der Waals surface area contributed by atoms with Crippen LogP contribution in [0.4, 0.5) is 0 Å². The molecule has 94 valence electrons. The molecule has 3 heterocycles. The van der Waals surface area contributed by atoms with Crippen molar-refractivity contribution in [3.8, 4) is 0 Å². The second-order valence-electron chi connectivity index (χ2n) is 4.62. The van der Waals surface area contributed by atoms with Crippen molar-refractivity contribution in [1.82, 2.24) is 15.0 Å². The summed E-state index contributed by atoms with van der Waals surface area (Å²) in [5, 5.41) is 13.8. The Morgan fingerprint density at radius 1 is 1.50 bits per heavy atom. The fourth-order valence-corrected chi connectivity index (χ4v) is 2.18. The van der Waals surface area contributed by atoms with E-state index in [0.29, 0.717) is 41.1 Å². The molecule has 0 aliphatic carbocycles. The van der Waals surface area contributed by atoms with Crippen LogP contribution in [0.5, 0.6) is 0 Å². The van der Waals surface area contributed by atoms with Gasteiger partial charge in [0, 0.05) is 18.8 Å². The van der Waals surface area contributed by atoms with Gasteiger partial charge in [-0.15, -0.1) is 0 Å². The van der Waals surface area contributed by atoms with Crippen molar-refractivity contribution in [2.24, 2.45) is 0 Å². The maximum atomic E-state index is 12.3. The van der Waals surface area contributed by atoms with E-state index in [9.17, 15) is 9.90 Å². The van der Waals surface area contributed by atoms with Crippen LogP contribution in [0, 0.1) is 13.8 Å². The Balaban J connectivity index is 2.10. The molecule has 0 unspecified atom stereocenters. The van der Waals surface area contributed by atoms with Crippen molar-refractivity contribution in [3.63, 3.8) is 0 Å². The monoisotopic (exact) mass is 247 g/mol. The summed E-state index contributed by atoms with van der Waals surface area (Å²) in [7, 11) is 0. The van der Waals surface area contributed by atoms with Crippen LogP contribution in [-0.4, -0.2) is 45.2 Å². The molecule has 0 spiro atoms. The summed E-state index contributed by atoms with van der Waals surface area (Å²) in [5.74, 6) is -0.109. The molecule has 18 heavy (non-hydrogen) atoms. The molecule has 1 amide bonds. The predicted molar refractivity (Wildman–Crippen MR) is 63.2 cm³/mol. The molecular formula is C12H13N3O3. The highest BCUT2D eigenvalue weighted by molar-refractivity contribution is 6.06. The summed E-state index contributed by atoms with van der Waals surface area (Å²) in [6, 6.07) is 1.74. The number of aliphatic hydroxyl groups excluding tert-OH is 1. The Labute approximate surface area is 103 Å². The first-order chi connectivity index (χ1) is 8.56. The summed E-state index contributed by atoms with van der Waals surface area (Å²) in [6.45, 7) is 4.35. The molecule has 1 aliphatic rings. The molecular weight excluding hydrogens is 234 g/mol. The molecule has 2 aromatic heterocycles. The second-order valence-corrected chi connectivity index (χ2v) is 4.62. The molecule has 2 aromatic rings. The quantitative estimate of drug-likeness (QED) is 0.800. The van der Waals surface area contributed by atoms with Gasteiger partial charge in [-0.2, -0.15) is 0 Å². The minimum absolute atomic E-state index is 0.109. The number of fused-ring (bicyclic) bond motifs is 1. The number of amides is 1. The summed E-state index contributed by atoms with van der Waals surface area (Å²) >= 11 is 0. The van der Waals surface area contributed by atoms with Crippen molar-refractivity contribution in [3.05, 3.63) is 23.0 Å². The Bertz CT molecular complexity index is 629. The van der Waals surface area contributed by atoms with Crippen LogP contribution in [0.1, 0.15) is 21.7 Å². The molecule has 0 radical (unpaired) electrons. The summed E-state index contributed by atoms with van der Waals surface area (Å²) in [5.41, 5.74) is 2.30. The molecule has 6 heteroatoms. The van der Waals surface area contributed by atoms with Crippen LogP contribution >= 0.6 is 0 Å². The lowest BCUT2D eigenvalue weighted by atomic mass is 10.1. The summed E-state index contributed by atoms with van der Waals surface area (Å²) < 4.78 is 5.09. The van der Waals surface area contributed by atoms with Crippen molar-refractivity contribution in [2.45, 2.75) is 20.0 Å². The zero-order valence-corrected chi connectivity index (χ0v) is 10.2. The number of likely N-dealkylation sites (tertiary alicyclic amines) is 1. The van der Waals surface area contributed by atoms with Crippen LogP contribution in [-0.2, 0) is 0 Å². The highest BCUT2D eigenvalue weighted by Gasteiger charge is 2.31. The van der Waals surface area contributed by atoms with Gasteiger partial charge >= 0.3 is 0 Å². The molecule has 1 aliphatic heterocycles. The largest absolute Gasteiger partial charge is 0.389 e. The number of hydrogen-bond acceptors (Lipinski definition) is 5. The van der Waals surface area contributed by atoms with Gasteiger partial charge < -0.3 is 14.5 Å². The van der Waals surface area contributed by atoms with E-state index in [1.165, 1.54) is 0 Å². The molecule has 0 bridgehead atoms. The van der Waals surface area contributed by atoms with Crippen LogP contribution in [0.3, 0.4) is 0 Å². The van der Waals surface area contributed by atoms with E-state index in [0.717, 1.165) is 0 Å². The highest BCUT2D eigenvalue weighted by atomic mass is 16.5. The van der Waals surface area contributed by atoms with E-state index in [1.54, 1.807) is 24.8 Å². The number of aromatic nitrogens is 2. The zero-order valence-electron chi connectivity index (χ0n) is 10.2. The third-order valence-electron chi connectivity index (χ3n) is 3.13. The number of nitrogens with zero attached hydrogens (tertiary/aromatic N) is 3. The number of β-amino-alcohol motifs (C(OH)–C–C–N with tert-alkyl or cyclic N) is 1. The molecule has 0 atom stereocenters. The van der Waals surface area contributed by atoms with E-state index in [2.05, 4.69) is 10.1 Å². The van der Waals surface area contributed by atoms with Crippen molar-refractivity contribution in [1.29, 1.82) is 0 Å². The van der Waals surface area contributed by atoms with E-state index in [-0.39, 0.29) is 5.91 Å². The molecule has 1 fully saturated rings. The Hall–Kier alpha value is -1.95. The SMILES string of the molecule is Cc1cc(C(=O)N2CC(O)C2)c2c(C)noc2n1. The lowest BCUT2D eigenvalue weighted by molar-refractivity contribution is 0.00601. The lowest BCUT2D eigenvalue weighted by Crippen LogP contribution is -2.53. The van der Waals surface area contributed by atoms with Crippen molar-refractivity contribution < 1.29 is 14.4 Å². The predicted octanol–water partition coefficient (Wildman–Crippen LogP) is 0.656. The third-order valence-corrected chi connectivity index (χ3v) is 3.13. The normalized spacial score (nSPS) is 16.1. The Morgan fingerprint density at radius 2 is 2.22 bits per heavy atom. The third kappa shape index (κ3) is 1.57. The zero-order chi connectivity index (χ0) is 12.9. The fourth-order valence-electron chi connectivity index (χ4n) is 2.18. The minimum atomic E-state index is -0.407. The minimum Gasteiger partial charge on any atom is -0.389 e. The topological polar surface area (TPSA) is 79.5 Å². The number of carbonyl (C=O) groups excluding carboxylic acids is 1. The first-order valence-electron chi connectivity index (χ1n) is 5.77. The first kappa shape index (κ1) is 11.2. The maximum absolute atomic E-state index is 12.3. The van der Waals surface area contributed by atoms with Gasteiger partial charge in [0.1, 0.15) is 0 Å². The van der Waals surface area contributed by atoms with Gasteiger partial charge in [-0.05, 0) is 19.9 Å². The van der Waals surface area contributed by atoms with Gasteiger partial charge in [-0.3, -0.25) is 4.79 Å². The van der Waals surface area contributed by atoms with E-state index in [1.807, 2.05) is 0 Å². The average molecular weight is 247 g/mol. The number of rotatable bonds is 1. The van der Waals surface area contributed by atoms with Crippen LogP contribution in [0.15, 0.2) is 10.6 Å². The number of hydrogen-bond donors (Lipinski definition) is 1. The molecule has 1 N–H and O–H groups in total. The number of carbonyl (C=O) groups is 1. The maximum Gasteiger partial charge on any atom is 0.258 e. The van der Waals surface area contributed by atoms with E-state index < -0.39 is 6.10 Å². The number of aliphatic hydroxyl groups is 1. The molecule has 1 saturated heterocycles. The molecule has 3 rings (SSSR count). The van der Waals surface area contributed by atoms with Crippen LogP contribution in [0.25, 0.3) is 11.1 Å². The van der Waals surface area contributed by atoms with Gasteiger partial charge in [-0.1, -0.05) is 5.16 Å². The van der Waals surface area contributed by atoms with E-state index in [4.69, 9.17) is 4.52 Å². The van der Waals surface area contributed by atoms with Crippen molar-refractivity contribution >= 4 is 17.0 Å². The highest BCUT2D eigenvalue weighted by Crippen LogP contribution is 2.24. The van der Waals surface area contributed by atoms with Gasteiger partial charge in [0.15, 0.2) is 0 Å². The van der Waals surface area contributed by atoms with Gasteiger partial charge in [0.2, 0.25) is 0 Å². The smallest absolute Gasteiger partial charge is 0.258 e. The summed E-state index contributed by atoms with van der Waals surface area (Å²) in [4.78, 5) is 18.1. The van der Waals surface area contributed by atoms with Gasteiger partial charge in [-0.25, -0.2) is 4.98 Å². The first-order valence-corrected chi connectivity index (χ1v) is 5.77. The van der Waals surface area contributed by atoms with E-state index >= 15 is 0 Å². The average Bonchev–Trinajstić information content (AvgIpc) is 2.65. The standard InChI is InChI=1S/C12H13N3O3/c1-6-3-9(12(17)15-4-8(16)5-15)10-7(2)14-18-11(10)13-6/h3,8,16H,4-5H2,1-2H3. The summed E-state index contributed by atoms with van der Waals surface area (Å²) in [6.07, 6.45) is -0.407. The number of pyridine rings is 1. The Morgan fingerprint density at radius 3 is 2.89 bits per heavy atom. The molecule has 0 aromatic carbocycles. The lowest BCUT2D eigenvalue weighted by Gasteiger charge is -2.36. The van der Waals surface area contributed by atoms with Crippen molar-refractivity contribution in [2.75, 3.05) is 13.1 Å². The van der Waals surface area contributed by atoms with Gasteiger partial charge in [0.25, 0.3) is 11.6 Å². The molecule has 6 nitrogen and oxygen atoms in total. The van der Waals surface area contributed by atoms with Crippen LogP contribution in [0.2, 0.25) is 0 Å². The van der Waals surface area contributed by atoms with Gasteiger partial charge in [0.05, 0.1) is 22.7 Å². The Kier molecular flexibility index (Phi) is 2.34. The number of aryl methyl sites for hydroxylation is 2. The second kappa shape index (κ2) is 3.78. The van der Waals surface area contributed by atoms with Crippen LogP contribution < -0.4 is 0 Å². The molecule has 0 saturated carbocycles. The fraction of sp³-hybridized carbons (Fsp3) is 0.417.